The first-order valence-corrected chi connectivity index (χ1v) is 7.45. The van der Waals surface area contributed by atoms with E-state index in [0.29, 0.717) is 11.7 Å². The Balaban J connectivity index is 2.76. The van der Waals surface area contributed by atoms with Crippen LogP contribution in [0.4, 0.5) is 9.93 Å². The molecule has 0 atom stereocenters. The molecule has 1 aromatic heterocycles. The van der Waals surface area contributed by atoms with Crippen LogP contribution in [0, 0.1) is 0 Å². The van der Waals surface area contributed by atoms with Gasteiger partial charge < -0.3 is 10.1 Å². The van der Waals surface area contributed by atoms with Gasteiger partial charge in [-0.15, -0.1) is 11.3 Å². The maximum Gasteiger partial charge on any atom is 0.357 e. The van der Waals surface area contributed by atoms with Crippen molar-refractivity contribution in [2.24, 2.45) is 0 Å². The Hall–Kier alpha value is -1.63. The molecule has 0 aliphatic rings. The van der Waals surface area contributed by atoms with E-state index in [4.69, 9.17) is 4.74 Å². The number of hydrogen-bond donors (Lipinski definition) is 2. The van der Waals surface area contributed by atoms with Gasteiger partial charge in [-0.05, 0) is 12.3 Å². The SMILES string of the molecule is CCCCNC(=O)Nc1nc(C(=O)OC)c(C(C)C)s1. The maximum absolute atomic E-state index is 11.6. The number of amides is 2. The summed E-state index contributed by atoms with van der Waals surface area (Å²) >= 11 is 1.29. The fourth-order valence-corrected chi connectivity index (χ4v) is 2.49. The van der Waals surface area contributed by atoms with Crippen molar-refractivity contribution in [2.45, 2.75) is 39.5 Å². The summed E-state index contributed by atoms with van der Waals surface area (Å²) in [4.78, 5) is 28.2. The molecule has 0 unspecified atom stereocenters. The molecular weight excluding hydrogens is 278 g/mol. The fourth-order valence-electron chi connectivity index (χ4n) is 1.54. The molecule has 0 fully saturated rings. The molecular formula is C13H21N3O3S. The summed E-state index contributed by atoms with van der Waals surface area (Å²) < 4.78 is 4.70. The summed E-state index contributed by atoms with van der Waals surface area (Å²) in [5, 5.41) is 5.78. The largest absolute Gasteiger partial charge is 0.464 e. The van der Waals surface area contributed by atoms with Crippen molar-refractivity contribution in [3.05, 3.63) is 10.6 Å². The van der Waals surface area contributed by atoms with E-state index in [1.54, 1.807) is 0 Å². The number of esters is 1. The Morgan fingerprint density at radius 1 is 1.40 bits per heavy atom. The highest BCUT2D eigenvalue weighted by Crippen LogP contribution is 2.30. The van der Waals surface area contributed by atoms with E-state index in [1.807, 2.05) is 13.8 Å². The molecule has 7 heteroatoms. The number of anilines is 1. The molecule has 2 amide bonds. The zero-order valence-corrected chi connectivity index (χ0v) is 13.1. The number of nitrogens with one attached hydrogen (secondary N) is 2. The average molecular weight is 299 g/mol. The van der Waals surface area contributed by atoms with Gasteiger partial charge in [0, 0.05) is 11.4 Å². The van der Waals surface area contributed by atoms with Crippen LogP contribution < -0.4 is 10.6 Å². The molecule has 0 aliphatic heterocycles. The second-order valence-electron chi connectivity index (χ2n) is 4.61. The molecule has 1 heterocycles. The normalized spacial score (nSPS) is 10.4. The molecule has 6 nitrogen and oxygen atoms in total. The Labute approximate surface area is 122 Å². The molecule has 20 heavy (non-hydrogen) atoms. The molecule has 1 rings (SSSR count). The van der Waals surface area contributed by atoms with Gasteiger partial charge in [0.1, 0.15) is 0 Å². The molecule has 0 spiro atoms. The second kappa shape index (κ2) is 7.84. The number of aromatic nitrogens is 1. The first-order valence-electron chi connectivity index (χ1n) is 6.63. The Bertz CT molecular complexity index is 471. The van der Waals surface area contributed by atoms with Crippen LogP contribution in [-0.2, 0) is 4.74 Å². The number of rotatable bonds is 6. The number of carbonyl (C=O) groups is 2. The summed E-state index contributed by atoms with van der Waals surface area (Å²) in [5.74, 6) is -0.343. The van der Waals surface area contributed by atoms with Crippen molar-refractivity contribution < 1.29 is 14.3 Å². The molecule has 0 aliphatic carbocycles. The predicted molar refractivity (Wildman–Crippen MR) is 79.5 cm³/mol. The third-order valence-electron chi connectivity index (χ3n) is 2.59. The zero-order valence-electron chi connectivity index (χ0n) is 12.3. The van der Waals surface area contributed by atoms with E-state index in [2.05, 4.69) is 22.5 Å². The summed E-state index contributed by atoms with van der Waals surface area (Å²) in [6.07, 6.45) is 1.94. The zero-order chi connectivity index (χ0) is 15.1. The number of methoxy groups -OCH3 is 1. The first-order chi connectivity index (χ1) is 9.49. The topological polar surface area (TPSA) is 80.3 Å². The molecule has 0 saturated heterocycles. The lowest BCUT2D eigenvalue weighted by molar-refractivity contribution is 0.0593. The maximum atomic E-state index is 11.6. The minimum absolute atomic E-state index is 0.139. The number of nitrogens with zero attached hydrogens (tertiary/aromatic N) is 1. The molecule has 0 radical (unpaired) electrons. The van der Waals surface area contributed by atoms with Gasteiger partial charge in [-0.25, -0.2) is 14.6 Å². The van der Waals surface area contributed by atoms with E-state index in [0.717, 1.165) is 17.7 Å². The van der Waals surface area contributed by atoms with Crippen LogP contribution in [-0.4, -0.2) is 30.6 Å². The van der Waals surface area contributed by atoms with Crippen LogP contribution in [0.1, 0.15) is 54.9 Å². The van der Waals surface area contributed by atoms with Crippen molar-refractivity contribution >= 4 is 28.5 Å². The molecule has 0 bridgehead atoms. The molecule has 1 aromatic rings. The summed E-state index contributed by atoms with van der Waals surface area (Å²) in [7, 11) is 1.32. The Morgan fingerprint density at radius 3 is 2.65 bits per heavy atom. The lowest BCUT2D eigenvalue weighted by atomic mass is 10.1. The third kappa shape index (κ3) is 4.48. The Kier molecular flexibility index (Phi) is 6.44. The standard InChI is InChI=1S/C13H21N3O3S/c1-5-6-7-14-12(18)16-13-15-9(11(17)19-4)10(20-13)8(2)3/h8H,5-7H2,1-4H3,(H2,14,15,16,18). The van der Waals surface area contributed by atoms with Gasteiger partial charge in [0.25, 0.3) is 0 Å². The van der Waals surface area contributed by atoms with E-state index >= 15 is 0 Å². The predicted octanol–water partition coefficient (Wildman–Crippen LogP) is 2.97. The third-order valence-corrected chi connectivity index (χ3v) is 3.86. The Morgan fingerprint density at radius 2 is 2.10 bits per heavy atom. The van der Waals surface area contributed by atoms with Gasteiger partial charge in [0.2, 0.25) is 0 Å². The van der Waals surface area contributed by atoms with Crippen LogP contribution in [0.3, 0.4) is 0 Å². The smallest absolute Gasteiger partial charge is 0.357 e. The number of unbranched alkanes of at least 4 members (excludes halogenated alkanes) is 1. The van der Waals surface area contributed by atoms with E-state index in [1.165, 1.54) is 18.4 Å². The van der Waals surface area contributed by atoms with Gasteiger partial charge in [-0.2, -0.15) is 0 Å². The van der Waals surface area contributed by atoms with Crippen molar-refractivity contribution in [3.63, 3.8) is 0 Å². The lowest BCUT2D eigenvalue weighted by Gasteiger charge is -2.03. The second-order valence-corrected chi connectivity index (χ2v) is 5.64. The van der Waals surface area contributed by atoms with Crippen LogP contribution in [0.5, 0.6) is 0 Å². The summed E-state index contributed by atoms with van der Waals surface area (Å²) in [6, 6.07) is -0.307. The summed E-state index contributed by atoms with van der Waals surface area (Å²) in [5.41, 5.74) is 0.274. The monoisotopic (exact) mass is 299 g/mol. The van der Waals surface area contributed by atoms with Gasteiger partial charge in [0.05, 0.1) is 7.11 Å². The summed E-state index contributed by atoms with van der Waals surface area (Å²) in [6.45, 7) is 6.60. The molecule has 0 saturated carbocycles. The van der Waals surface area contributed by atoms with Crippen molar-refractivity contribution in [3.8, 4) is 0 Å². The van der Waals surface area contributed by atoms with Crippen molar-refractivity contribution in [1.29, 1.82) is 0 Å². The fraction of sp³-hybridized carbons (Fsp3) is 0.615. The van der Waals surface area contributed by atoms with Crippen LogP contribution in [0.25, 0.3) is 0 Å². The number of thiazole rings is 1. The first kappa shape index (κ1) is 16.4. The lowest BCUT2D eigenvalue weighted by Crippen LogP contribution is -2.29. The minimum Gasteiger partial charge on any atom is -0.464 e. The minimum atomic E-state index is -0.482. The molecule has 112 valence electrons. The highest BCUT2D eigenvalue weighted by Gasteiger charge is 2.21. The molecule has 2 N–H and O–H groups in total. The van der Waals surface area contributed by atoms with Crippen LogP contribution in [0.15, 0.2) is 0 Å². The van der Waals surface area contributed by atoms with E-state index in [-0.39, 0.29) is 17.6 Å². The van der Waals surface area contributed by atoms with E-state index in [9.17, 15) is 9.59 Å². The highest BCUT2D eigenvalue weighted by molar-refractivity contribution is 7.16. The molecule has 0 aromatic carbocycles. The van der Waals surface area contributed by atoms with E-state index < -0.39 is 5.97 Å². The average Bonchev–Trinajstić information content (AvgIpc) is 2.82. The van der Waals surface area contributed by atoms with Crippen molar-refractivity contribution in [1.82, 2.24) is 10.3 Å². The quantitative estimate of drug-likeness (QED) is 0.625. The van der Waals surface area contributed by atoms with Gasteiger partial charge in [-0.1, -0.05) is 27.2 Å². The van der Waals surface area contributed by atoms with Gasteiger partial charge in [0.15, 0.2) is 10.8 Å². The number of hydrogen-bond acceptors (Lipinski definition) is 5. The highest BCUT2D eigenvalue weighted by atomic mass is 32.1. The number of carbonyl (C=O) groups excluding carboxylic acids is 2. The van der Waals surface area contributed by atoms with Crippen molar-refractivity contribution in [2.75, 3.05) is 19.0 Å². The van der Waals surface area contributed by atoms with Gasteiger partial charge in [-0.3, -0.25) is 5.32 Å². The van der Waals surface area contributed by atoms with Gasteiger partial charge >= 0.3 is 12.0 Å². The van der Waals surface area contributed by atoms with Crippen LogP contribution >= 0.6 is 11.3 Å². The number of urea groups is 1. The number of ether oxygens (including phenoxy) is 1. The van der Waals surface area contributed by atoms with Crippen LogP contribution in [0.2, 0.25) is 0 Å².